The van der Waals surface area contributed by atoms with Crippen LogP contribution in [0.1, 0.15) is 37.0 Å². The zero-order chi connectivity index (χ0) is 16.3. The van der Waals surface area contributed by atoms with Crippen LogP contribution in [0.25, 0.3) is 0 Å². The second-order valence-electron chi connectivity index (χ2n) is 6.39. The quantitative estimate of drug-likeness (QED) is 0.829. The SMILES string of the molecule is COCC(=O)N1CCN(C(=O)c2ncoc2C(C)(C)C)CC1. The van der Waals surface area contributed by atoms with E-state index in [0.717, 1.165) is 0 Å². The molecule has 0 aromatic carbocycles. The Labute approximate surface area is 130 Å². The Bertz CT molecular complexity index is 539. The molecule has 7 nitrogen and oxygen atoms in total. The lowest BCUT2D eigenvalue weighted by Gasteiger charge is -2.34. The average Bonchev–Trinajstić information content (AvgIpc) is 2.96. The Morgan fingerprint density at radius 3 is 2.36 bits per heavy atom. The normalized spacial score (nSPS) is 16.0. The zero-order valence-corrected chi connectivity index (χ0v) is 13.6. The third kappa shape index (κ3) is 3.47. The van der Waals surface area contributed by atoms with Gasteiger partial charge < -0.3 is 19.0 Å². The van der Waals surface area contributed by atoms with Crippen molar-refractivity contribution < 1.29 is 18.7 Å². The minimum atomic E-state index is -0.280. The van der Waals surface area contributed by atoms with E-state index < -0.39 is 0 Å². The molecule has 1 aromatic rings. The largest absolute Gasteiger partial charge is 0.447 e. The van der Waals surface area contributed by atoms with Gasteiger partial charge in [0.25, 0.3) is 5.91 Å². The lowest BCUT2D eigenvalue weighted by molar-refractivity contribution is -0.136. The van der Waals surface area contributed by atoms with Crippen LogP contribution in [0.2, 0.25) is 0 Å². The number of methoxy groups -OCH3 is 1. The predicted molar refractivity (Wildman–Crippen MR) is 79.6 cm³/mol. The van der Waals surface area contributed by atoms with Crippen molar-refractivity contribution in [3.63, 3.8) is 0 Å². The Morgan fingerprint density at radius 1 is 1.23 bits per heavy atom. The molecule has 2 rings (SSSR count). The molecular weight excluding hydrogens is 286 g/mol. The van der Waals surface area contributed by atoms with Crippen LogP contribution in [0, 0.1) is 0 Å². The molecule has 1 aliphatic heterocycles. The number of rotatable bonds is 3. The van der Waals surface area contributed by atoms with Gasteiger partial charge in [-0.15, -0.1) is 0 Å². The molecular formula is C15H23N3O4. The molecule has 1 saturated heterocycles. The van der Waals surface area contributed by atoms with Crippen LogP contribution < -0.4 is 0 Å². The number of piperazine rings is 1. The minimum absolute atomic E-state index is 0.0496. The first kappa shape index (κ1) is 16.5. The predicted octanol–water partition coefficient (Wildman–Crippen LogP) is 0.903. The van der Waals surface area contributed by atoms with Gasteiger partial charge in [0.1, 0.15) is 12.4 Å². The molecule has 0 saturated carbocycles. The summed E-state index contributed by atoms with van der Waals surface area (Å²) >= 11 is 0. The molecule has 0 bridgehead atoms. The maximum Gasteiger partial charge on any atom is 0.276 e. The first-order chi connectivity index (χ1) is 10.3. The van der Waals surface area contributed by atoms with Crippen LogP contribution in [0.4, 0.5) is 0 Å². The summed E-state index contributed by atoms with van der Waals surface area (Å²) in [7, 11) is 1.50. The van der Waals surface area contributed by atoms with Gasteiger partial charge in [0.15, 0.2) is 12.1 Å². The van der Waals surface area contributed by atoms with Gasteiger partial charge >= 0.3 is 0 Å². The van der Waals surface area contributed by atoms with Gasteiger partial charge in [0.05, 0.1) is 0 Å². The molecule has 1 aliphatic rings. The molecule has 0 radical (unpaired) electrons. The third-order valence-corrected chi connectivity index (χ3v) is 3.64. The summed E-state index contributed by atoms with van der Waals surface area (Å²) in [6.07, 6.45) is 1.31. The lowest BCUT2D eigenvalue weighted by Crippen LogP contribution is -2.51. The standard InChI is InChI=1S/C15H23N3O4/c1-15(2,3)13-12(16-10-22-13)14(20)18-7-5-17(6-8-18)11(19)9-21-4/h10H,5-9H2,1-4H3. The zero-order valence-electron chi connectivity index (χ0n) is 13.6. The number of hydrogen-bond donors (Lipinski definition) is 0. The second kappa shape index (κ2) is 6.48. The van der Waals surface area contributed by atoms with Crippen molar-refractivity contribution >= 4 is 11.8 Å². The second-order valence-corrected chi connectivity index (χ2v) is 6.39. The number of amides is 2. The van der Waals surface area contributed by atoms with Crippen LogP contribution >= 0.6 is 0 Å². The summed E-state index contributed by atoms with van der Waals surface area (Å²) in [5.74, 6) is 0.402. The van der Waals surface area contributed by atoms with Crippen molar-refractivity contribution in [3.8, 4) is 0 Å². The van der Waals surface area contributed by atoms with Crippen LogP contribution in [0.5, 0.6) is 0 Å². The van der Waals surface area contributed by atoms with E-state index in [0.29, 0.717) is 37.6 Å². The maximum atomic E-state index is 12.6. The maximum absolute atomic E-state index is 12.6. The lowest BCUT2D eigenvalue weighted by atomic mass is 9.91. The van der Waals surface area contributed by atoms with E-state index in [1.807, 2.05) is 20.8 Å². The monoisotopic (exact) mass is 309 g/mol. The summed E-state index contributed by atoms with van der Waals surface area (Å²) in [4.78, 5) is 31.9. The molecule has 22 heavy (non-hydrogen) atoms. The molecule has 0 aliphatic carbocycles. The fourth-order valence-corrected chi connectivity index (χ4v) is 2.45. The molecule has 1 aromatic heterocycles. The van der Waals surface area contributed by atoms with E-state index in [1.165, 1.54) is 13.5 Å². The number of aromatic nitrogens is 1. The van der Waals surface area contributed by atoms with Crippen molar-refractivity contribution in [2.45, 2.75) is 26.2 Å². The first-order valence-electron chi connectivity index (χ1n) is 7.34. The van der Waals surface area contributed by atoms with Crippen molar-refractivity contribution in [1.29, 1.82) is 0 Å². The molecule has 2 amide bonds. The molecule has 0 atom stereocenters. The Hall–Kier alpha value is -1.89. The van der Waals surface area contributed by atoms with Crippen molar-refractivity contribution in [2.24, 2.45) is 0 Å². The van der Waals surface area contributed by atoms with Crippen LogP contribution in [-0.2, 0) is 14.9 Å². The van der Waals surface area contributed by atoms with Crippen molar-refractivity contribution in [3.05, 3.63) is 17.8 Å². The van der Waals surface area contributed by atoms with Gasteiger partial charge in [-0.05, 0) is 0 Å². The van der Waals surface area contributed by atoms with E-state index >= 15 is 0 Å². The number of hydrogen-bond acceptors (Lipinski definition) is 5. The van der Waals surface area contributed by atoms with Crippen molar-refractivity contribution in [1.82, 2.24) is 14.8 Å². The van der Waals surface area contributed by atoms with Gasteiger partial charge in [-0.2, -0.15) is 0 Å². The topological polar surface area (TPSA) is 75.9 Å². The fraction of sp³-hybridized carbons (Fsp3) is 0.667. The number of ether oxygens (including phenoxy) is 1. The molecule has 122 valence electrons. The highest BCUT2D eigenvalue weighted by Crippen LogP contribution is 2.26. The highest BCUT2D eigenvalue weighted by Gasteiger charge is 2.31. The Kier molecular flexibility index (Phi) is 4.85. The first-order valence-corrected chi connectivity index (χ1v) is 7.34. The van der Waals surface area contributed by atoms with Crippen LogP contribution in [0.15, 0.2) is 10.8 Å². The van der Waals surface area contributed by atoms with Crippen molar-refractivity contribution in [2.75, 3.05) is 39.9 Å². The number of oxazole rings is 1. The molecule has 0 unspecified atom stereocenters. The third-order valence-electron chi connectivity index (χ3n) is 3.64. The minimum Gasteiger partial charge on any atom is -0.447 e. The average molecular weight is 309 g/mol. The van der Waals surface area contributed by atoms with E-state index in [1.54, 1.807) is 9.80 Å². The van der Waals surface area contributed by atoms with E-state index in [4.69, 9.17) is 9.15 Å². The molecule has 0 N–H and O–H groups in total. The highest BCUT2D eigenvalue weighted by molar-refractivity contribution is 5.93. The van der Waals surface area contributed by atoms with E-state index in [-0.39, 0.29) is 23.8 Å². The summed E-state index contributed by atoms with van der Waals surface area (Å²) in [6, 6.07) is 0. The Morgan fingerprint density at radius 2 is 1.82 bits per heavy atom. The van der Waals surface area contributed by atoms with Gasteiger partial charge in [-0.3, -0.25) is 9.59 Å². The summed E-state index contributed by atoms with van der Waals surface area (Å²) < 4.78 is 10.2. The number of nitrogens with zero attached hydrogens (tertiary/aromatic N) is 3. The van der Waals surface area contributed by atoms with Crippen LogP contribution in [0.3, 0.4) is 0 Å². The molecule has 1 fully saturated rings. The van der Waals surface area contributed by atoms with Gasteiger partial charge in [0, 0.05) is 38.7 Å². The number of carbonyl (C=O) groups excluding carboxylic acids is 2. The molecule has 2 heterocycles. The van der Waals surface area contributed by atoms with Gasteiger partial charge in [-0.25, -0.2) is 4.98 Å². The molecule has 7 heteroatoms. The highest BCUT2D eigenvalue weighted by atomic mass is 16.5. The summed E-state index contributed by atoms with van der Waals surface area (Å²) in [6.45, 7) is 8.01. The van der Waals surface area contributed by atoms with Crippen LogP contribution in [-0.4, -0.2) is 66.5 Å². The van der Waals surface area contributed by atoms with Gasteiger partial charge in [-0.1, -0.05) is 20.8 Å². The summed E-state index contributed by atoms with van der Waals surface area (Å²) in [5, 5.41) is 0. The van der Waals surface area contributed by atoms with E-state index in [2.05, 4.69) is 4.98 Å². The molecule has 0 spiro atoms. The van der Waals surface area contributed by atoms with Gasteiger partial charge in [0.2, 0.25) is 5.91 Å². The smallest absolute Gasteiger partial charge is 0.276 e. The fourth-order valence-electron chi connectivity index (χ4n) is 2.45. The number of carbonyl (C=O) groups is 2. The Balaban J connectivity index is 2.02. The summed E-state index contributed by atoms with van der Waals surface area (Å²) in [5.41, 5.74) is 0.0850. The van der Waals surface area contributed by atoms with E-state index in [9.17, 15) is 9.59 Å².